The summed E-state index contributed by atoms with van der Waals surface area (Å²) >= 11 is 7.19. The van der Waals surface area contributed by atoms with Gasteiger partial charge in [0.05, 0.1) is 6.42 Å². The van der Waals surface area contributed by atoms with Crippen molar-refractivity contribution in [2.75, 3.05) is 16.8 Å². The molecule has 0 spiro atoms. The molecule has 3 aromatic rings. The summed E-state index contributed by atoms with van der Waals surface area (Å²) in [4.78, 5) is 26.6. The van der Waals surface area contributed by atoms with Crippen LogP contribution in [0.1, 0.15) is 35.4 Å². The van der Waals surface area contributed by atoms with Crippen LogP contribution in [0, 0.1) is 0 Å². The molecular weight excluding hydrogens is 420 g/mol. The van der Waals surface area contributed by atoms with Gasteiger partial charge in [-0.15, -0.1) is 10.2 Å². The molecule has 30 heavy (non-hydrogen) atoms. The molecule has 2 amide bonds. The Morgan fingerprint density at radius 1 is 1.13 bits per heavy atom. The van der Waals surface area contributed by atoms with Gasteiger partial charge in [-0.1, -0.05) is 54.1 Å². The molecular formula is C22H21ClN4O2S. The number of amides is 2. The van der Waals surface area contributed by atoms with Crippen LogP contribution in [-0.2, 0) is 22.4 Å². The van der Waals surface area contributed by atoms with Gasteiger partial charge in [0.1, 0.15) is 5.01 Å². The lowest BCUT2D eigenvalue weighted by atomic mass is 10.1. The lowest BCUT2D eigenvalue weighted by Gasteiger charge is -2.16. The quantitative estimate of drug-likeness (QED) is 0.614. The molecule has 0 saturated carbocycles. The minimum absolute atomic E-state index is 0.0252. The lowest BCUT2D eigenvalue weighted by molar-refractivity contribution is -0.117. The van der Waals surface area contributed by atoms with Gasteiger partial charge in [-0.25, -0.2) is 0 Å². The Balaban J connectivity index is 1.38. The molecule has 0 aliphatic carbocycles. The molecule has 154 valence electrons. The first-order chi connectivity index (χ1) is 14.5. The van der Waals surface area contributed by atoms with E-state index in [2.05, 4.69) is 34.6 Å². The third kappa shape index (κ3) is 4.68. The van der Waals surface area contributed by atoms with E-state index in [0.717, 1.165) is 22.7 Å². The van der Waals surface area contributed by atoms with E-state index in [-0.39, 0.29) is 24.2 Å². The Morgan fingerprint density at radius 2 is 1.83 bits per heavy atom. The molecule has 4 rings (SSSR count). The van der Waals surface area contributed by atoms with Gasteiger partial charge in [-0.3, -0.25) is 9.59 Å². The van der Waals surface area contributed by atoms with E-state index in [1.807, 2.05) is 24.3 Å². The first-order valence-corrected chi connectivity index (χ1v) is 11.0. The smallest absolute Gasteiger partial charge is 0.230 e. The fourth-order valence-corrected chi connectivity index (χ4v) is 4.41. The maximum absolute atomic E-state index is 12.5. The minimum Gasteiger partial charge on any atom is -0.312 e. The highest BCUT2D eigenvalue weighted by molar-refractivity contribution is 7.15. The molecule has 0 bridgehead atoms. The molecule has 6 nitrogen and oxygen atoms in total. The van der Waals surface area contributed by atoms with Crippen molar-refractivity contribution in [3.05, 3.63) is 69.7 Å². The molecule has 1 aliphatic rings. The van der Waals surface area contributed by atoms with Crippen LogP contribution >= 0.6 is 22.9 Å². The first-order valence-electron chi connectivity index (χ1n) is 9.79. The van der Waals surface area contributed by atoms with E-state index in [9.17, 15) is 9.59 Å². The summed E-state index contributed by atoms with van der Waals surface area (Å²) in [5.74, 6) is -0.115. The van der Waals surface area contributed by atoms with Crippen LogP contribution in [0.15, 0.2) is 48.5 Å². The maximum Gasteiger partial charge on any atom is 0.230 e. The monoisotopic (exact) mass is 440 g/mol. The molecule has 1 atom stereocenters. The van der Waals surface area contributed by atoms with Gasteiger partial charge in [-0.05, 0) is 41.8 Å². The second kappa shape index (κ2) is 8.93. The standard InChI is InChI=1S/C22H21ClN4O2S/c1-2-14-5-9-18(10-6-14)27-13-16(12-20(27)29)21-25-26-22(30-21)24-19(28)11-15-3-7-17(23)8-4-15/h3-10,16H,2,11-13H2,1H3,(H,24,26,28)/t16-/m0/s1. The van der Waals surface area contributed by atoms with E-state index in [1.165, 1.54) is 16.9 Å². The highest BCUT2D eigenvalue weighted by Gasteiger charge is 2.34. The van der Waals surface area contributed by atoms with Crippen molar-refractivity contribution < 1.29 is 9.59 Å². The third-order valence-corrected chi connectivity index (χ3v) is 6.35. The molecule has 2 heterocycles. The molecule has 1 N–H and O–H groups in total. The molecule has 1 aromatic heterocycles. The Labute approximate surface area is 183 Å². The van der Waals surface area contributed by atoms with Crippen molar-refractivity contribution in [3.8, 4) is 0 Å². The van der Waals surface area contributed by atoms with Crippen molar-refractivity contribution in [2.45, 2.75) is 32.1 Å². The Kier molecular flexibility index (Phi) is 6.11. The van der Waals surface area contributed by atoms with E-state index in [0.29, 0.717) is 23.1 Å². The van der Waals surface area contributed by atoms with Crippen LogP contribution in [0.4, 0.5) is 10.8 Å². The van der Waals surface area contributed by atoms with Gasteiger partial charge < -0.3 is 10.2 Å². The summed E-state index contributed by atoms with van der Waals surface area (Å²) in [5.41, 5.74) is 3.01. The number of benzene rings is 2. The molecule has 0 unspecified atom stereocenters. The largest absolute Gasteiger partial charge is 0.312 e. The van der Waals surface area contributed by atoms with Crippen LogP contribution in [-0.4, -0.2) is 28.6 Å². The molecule has 1 saturated heterocycles. The summed E-state index contributed by atoms with van der Waals surface area (Å²) in [6.07, 6.45) is 1.59. The predicted octanol–water partition coefficient (Wildman–Crippen LogP) is 4.46. The Bertz CT molecular complexity index is 1050. The summed E-state index contributed by atoms with van der Waals surface area (Å²) < 4.78 is 0. The van der Waals surface area contributed by atoms with E-state index in [4.69, 9.17) is 11.6 Å². The minimum atomic E-state index is -0.167. The number of hydrogen-bond acceptors (Lipinski definition) is 5. The summed E-state index contributed by atoms with van der Waals surface area (Å²) in [5, 5.41) is 12.9. The number of halogens is 1. The highest BCUT2D eigenvalue weighted by atomic mass is 35.5. The molecule has 8 heteroatoms. The molecule has 2 aromatic carbocycles. The number of hydrogen-bond donors (Lipinski definition) is 1. The van der Waals surface area contributed by atoms with Crippen molar-refractivity contribution in [2.24, 2.45) is 0 Å². The highest BCUT2D eigenvalue weighted by Crippen LogP contribution is 2.34. The SMILES string of the molecule is CCc1ccc(N2C[C@@H](c3nnc(NC(=O)Cc4ccc(Cl)cc4)s3)CC2=O)cc1. The summed E-state index contributed by atoms with van der Waals surface area (Å²) in [6, 6.07) is 15.2. The van der Waals surface area contributed by atoms with Gasteiger partial charge in [-0.2, -0.15) is 0 Å². The third-order valence-electron chi connectivity index (χ3n) is 5.10. The van der Waals surface area contributed by atoms with Gasteiger partial charge in [0.2, 0.25) is 16.9 Å². The zero-order chi connectivity index (χ0) is 21.1. The van der Waals surface area contributed by atoms with Crippen molar-refractivity contribution in [1.29, 1.82) is 0 Å². The number of anilines is 2. The number of carbonyl (C=O) groups excluding carboxylic acids is 2. The van der Waals surface area contributed by atoms with Crippen LogP contribution < -0.4 is 10.2 Å². The summed E-state index contributed by atoms with van der Waals surface area (Å²) in [7, 11) is 0. The van der Waals surface area contributed by atoms with E-state index >= 15 is 0 Å². The Hall–Kier alpha value is -2.77. The first kappa shape index (κ1) is 20.5. The van der Waals surface area contributed by atoms with Crippen LogP contribution in [0.2, 0.25) is 5.02 Å². The predicted molar refractivity (Wildman–Crippen MR) is 119 cm³/mol. The fraction of sp³-hybridized carbons (Fsp3) is 0.273. The second-order valence-electron chi connectivity index (χ2n) is 7.22. The van der Waals surface area contributed by atoms with Gasteiger partial charge in [0.25, 0.3) is 0 Å². The summed E-state index contributed by atoms with van der Waals surface area (Å²) in [6.45, 7) is 2.67. The van der Waals surface area contributed by atoms with Crippen LogP contribution in [0.5, 0.6) is 0 Å². The van der Waals surface area contributed by atoms with Gasteiger partial charge >= 0.3 is 0 Å². The topological polar surface area (TPSA) is 75.2 Å². The average Bonchev–Trinajstić information content (AvgIpc) is 3.36. The van der Waals surface area contributed by atoms with Crippen molar-refractivity contribution in [1.82, 2.24) is 10.2 Å². The lowest BCUT2D eigenvalue weighted by Crippen LogP contribution is -2.24. The number of aryl methyl sites for hydroxylation is 1. The van der Waals surface area contributed by atoms with Crippen molar-refractivity contribution >= 4 is 45.6 Å². The van der Waals surface area contributed by atoms with Crippen LogP contribution in [0.25, 0.3) is 0 Å². The maximum atomic E-state index is 12.5. The zero-order valence-corrected chi connectivity index (χ0v) is 18.0. The average molecular weight is 441 g/mol. The van der Waals surface area contributed by atoms with E-state index in [1.54, 1.807) is 17.0 Å². The zero-order valence-electron chi connectivity index (χ0n) is 16.5. The van der Waals surface area contributed by atoms with Gasteiger partial charge in [0, 0.05) is 29.6 Å². The van der Waals surface area contributed by atoms with Gasteiger partial charge in [0.15, 0.2) is 0 Å². The van der Waals surface area contributed by atoms with Crippen molar-refractivity contribution in [3.63, 3.8) is 0 Å². The molecule has 0 radical (unpaired) electrons. The number of nitrogens with zero attached hydrogens (tertiary/aromatic N) is 3. The van der Waals surface area contributed by atoms with E-state index < -0.39 is 0 Å². The Morgan fingerprint density at radius 3 is 2.53 bits per heavy atom. The second-order valence-corrected chi connectivity index (χ2v) is 8.67. The number of rotatable bonds is 6. The fourth-order valence-electron chi connectivity index (χ4n) is 3.44. The number of carbonyl (C=O) groups is 2. The number of nitrogens with one attached hydrogen (secondary N) is 1. The van der Waals surface area contributed by atoms with Crippen LogP contribution in [0.3, 0.4) is 0 Å². The molecule has 1 aliphatic heterocycles. The number of aromatic nitrogens is 2. The normalized spacial score (nSPS) is 16.1. The molecule has 1 fully saturated rings.